The van der Waals surface area contributed by atoms with E-state index >= 15 is 0 Å². The summed E-state index contributed by atoms with van der Waals surface area (Å²) in [5, 5.41) is 5.24. The van der Waals surface area contributed by atoms with Crippen molar-refractivity contribution in [2.24, 2.45) is 0 Å². The Morgan fingerprint density at radius 3 is 2.27 bits per heavy atom. The molecule has 1 N–H and O–H groups in total. The van der Waals surface area contributed by atoms with E-state index in [4.69, 9.17) is 4.74 Å². The molecule has 0 saturated heterocycles. The van der Waals surface area contributed by atoms with Crippen LogP contribution in [0.2, 0.25) is 0 Å². The van der Waals surface area contributed by atoms with Gasteiger partial charge in [-0.25, -0.2) is 4.79 Å². The van der Waals surface area contributed by atoms with Gasteiger partial charge in [0.05, 0.1) is 17.7 Å². The highest BCUT2D eigenvalue weighted by Crippen LogP contribution is 2.38. The van der Waals surface area contributed by atoms with Crippen molar-refractivity contribution in [3.63, 3.8) is 0 Å². The van der Waals surface area contributed by atoms with Crippen LogP contribution in [0, 0.1) is 13.8 Å². The third-order valence-corrected chi connectivity index (χ3v) is 7.25. The zero-order chi connectivity index (χ0) is 26.5. The van der Waals surface area contributed by atoms with Crippen molar-refractivity contribution in [1.82, 2.24) is 4.90 Å². The predicted molar refractivity (Wildman–Crippen MR) is 144 cm³/mol. The summed E-state index contributed by atoms with van der Waals surface area (Å²) >= 11 is 1.31. The first-order valence-corrected chi connectivity index (χ1v) is 13.3. The Bertz CT molecular complexity index is 1330. The van der Waals surface area contributed by atoms with Gasteiger partial charge in [0.25, 0.3) is 11.8 Å². The third-order valence-electron chi connectivity index (χ3n) is 6.36. The summed E-state index contributed by atoms with van der Waals surface area (Å²) in [6.45, 7) is 6.32. The highest BCUT2D eigenvalue weighted by Gasteiger charge is 2.34. The first-order chi connectivity index (χ1) is 17.8. The molecule has 1 aliphatic rings. The molecule has 0 atom stereocenters. The number of rotatable bonds is 10. The van der Waals surface area contributed by atoms with Crippen LogP contribution in [-0.2, 0) is 9.53 Å². The van der Waals surface area contributed by atoms with Crippen LogP contribution in [0.4, 0.5) is 5.00 Å². The lowest BCUT2D eigenvalue weighted by Crippen LogP contribution is -2.30. The van der Waals surface area contributed by atoms with Gasteiger partial charge in [-0.2, -0.15) is 0 Å². The van der Waals surface area contributed by atoms with E-state index in [0.29, 0.717) is 47.5 Å². The molecule has 4 rings (SSSR count). The van der Waals surface area contributed by atoms with Crippen LogP contribution in [0.5, 0.6) is 0 Å². The molecule has 3 aromatic rings. The summed E-state index contributed by atoms with van der Waals surface area (Å²) in [6.07, 6.45) is 2.16. The summed E-state index contributed by atoms with van der Waals surface area (Å²) in [7, 11) is 0. The van der Waals surface area contributed by atoms with Gasteiger partial charge < -0.3 is 10.1 Å². The van der Waals surface area contributed by atoms with Crippen LogP contribution in [0.3, 0.4) is 0 Å². The van der Waals surface area contributed by atoms with Crippen LogP contribution in [0.15, 0.2) is 47.8 Å². The number of unbranched alkanes of at least 4 members (excludes halogenated alkanes) is 2. The minimum absolute atomic E-state index is 0.194. The smallest absolute Gasteiger partial charge is 0.341 e. The number of carbonyl (C=O) groups is 4. The van der Waals surface area contributed by atoms with Crippen molar-refractivity contribution >= 4 is 40.0 Å². The van der Waals surface area contributed by atoms with Gasteiger partial charge in [-0.05, 0) is 56.9 Å². The Balaban J connectivity index is 1.34. The zero-order valence-corrected chi connectivity index (χ0v) is 22.1. The maximum absolute atomic E-state index is 12.8. The van der Waals surface area contributed by atoms with E-state index < -0.39 is 5.97 Å². The monoisotopic (exact) mass is 518 g/mol. The van der Waals surface area contributed by atoms with Crippen molar-refractivity contribution < 1.29 is 23.9 Å². The Hall–Kier alpha value is -3.78. The molecule has 2 aromatic carbocycles. The van der Waals surface area contributed by atoms with E-state index in [1.54, 1.807) is 31.2 Å². The van der Waals surface area contributed by atoms with E-state index in [1.807, 2.05) is 31.4 Å². The molecular formula is C29H30N2O5S. The third kappa shape index (κ3) is 5.64. The Kier molecular flexibility index (Phi) is 8.18. The number of ether oxygens (including phenoxy) is 1. The van der Waals surface area contributed by atoms with Crippen molar-refractivity contribution in [2.75, 3.05) is 18.5 Å². The number of anilines is 1. The molecule has 3 amide bonds. The van der Waals surface area contributed by atoms with Crippen LogP contribution < -0.4 is 5.32 Å². The van der Waals surface area contributed by atoms with Crippen LogP contribution in [0.1, 0.15) is 74.8 Å². The van der Waals surface area contributed by atoms with Crippen molar-refractivity contribution in [3.05, 3.63) is 75.7 Å². The maximum Gasteiger partial charge on any atom is 0.341 e. The largest absolute Gasteiger partial charge is 0.462 e. The van der Waals surface area contributed by atoms with Crippen LogP contribution in [-0.4, -0.2) is 41.7 Å². The quantitative estimate of drug-likeness (QED) is 0.202. The minimum atomic E-state index is -0.463. The van der Waals surface area contributed by atoms with Crippen molar-refractivity contribution in [1.29, 1.82) is 0 Å². The van der Waals surface area contributed by atoms with Gasteiger partial charge in [-0.15, -0.1) is 11.3 Å². The molecule has 7 nitrogen and oxygen atoms in total. The molecule has 2 heterocycles. The fourth-order valence-corrected chi connectivity index (χ4v) is 5.50. The lowest BCUT2D eigenvalue weighted by atomic mass is 9.97. The van der Waals surface area contributed by atoms with Gasteiger partial charge in [0.1, 0.15) is 10.6 Å². The summed E-state index contributed by atoms with van der Waals surface area (Å²) in [6, 6.07) is 12.9. The van der Waals surface area contributed by atoms with Crippen molar-refractivity contribution in [3.8, 4) is 11.1 Å². The Morgan fingerprint density at radius 2 is 1.62 bits per heavy atom. The van der Waals surface area contributed by atoms with Crippen LogP contribution in [0.25, 0.3) is 11.1 Å². The molecule has 0 bridgehead atoms. The van der Waals surface area contributed by atoms with E-state index in [1.165, 1.54) is 16.2 Å². The number of aryl methyl sites for hydroxylation is 2. The Labute approximate surface area is 220 Å². The minimum Gasteiger partial charge on any atom is -0.462 e. The molecule has 0 aliphatic carbocycles. The molecule has 192 valence electrons. The number of hydrogen-bond acceptors (Lipinski definition) is 6. The fraction of sp³-hybridized carbons (Fsp3) is 0.310. The molecule has 0 unspecified atom stereocenters. The highest BCUT2D eigenvalue weighted by molar-refractivity contribution is 7.15. The second kappa shape index (κ2) is 11.5. The number of fused-ring (bicyclic) bond motifs is 1. The highest BCUT2D eigenvalue weighted by atomic mass is 32.1. The normalized spacial score (nSPS) is 12.6. The van der Waals surface area contributed by atoms with Gasteiger partial charge in [-0.3, -0.25) is 19.3 Å². The van der Waals surface area contributed by atoms with Gasteiger partial charge in [0.15, 0.2) is 0 Å². The summed E-state index contributed by atoms with van der Waals surface area (Å²) in [5.74, 6) is -1.18. The Morgan fingerprint density at radius 1 is 0.919 bits per heavy atom. The number of thiophene rings is 1. The second-order valence-electron chi connectivity index (χ2n) is 9.06. The number of benzene rings is 2. The molecular weight excluding hydrogens is 488 g/mol. The van der Waals surface area contributed by atoms with E-state index in [9.17, 15) is 19.2 Å². The van der Waals surface area contributed by atoms with E-state index in [0.717, 1.165) is 22.3 Å². The van der Waals surface area contributed by atoms with Gasteiger partial charge in [-0.1, -0.05) is 42.3 Å². The SMILES string of the molecule is CCOC(=O)c1c(-c2ccc(C)cc2C)csc1NC(=O)CCCCCN1C(=O)c2ccccc2C1=O. The molecule has 0 spiro atoms. The number of carbonyl (C=O) groups excluding carboxylic acids is 4. The first-order valence-electron chi connectivity index (χ1n) is 12.4. The van der Waals surface area contributed by atoms with Crippen LogP contribution >= 0.6 is 11.3 Å². The lowest BCUT2D eigenvalue weighted by Gasteiger charge is -2.13. The maximum atomic E-state index is 12.8. The molecule has 37 heavy (non-hydrogen) atoms. The number of hydrogen-bond donors (Lipinski definition) is 1. The fourth-order valence-electron chi connectivity index (χ4n) is 4.53. The molecule has 1 aliphatic heterocycles. The average molecular weight is 519 g/mol. The molecule has 0 fully saturated rings. The molecule has 0 saturated carbocycles. The van der Waals surface area contributed by atoms with Crippen molar-refractivity contribution in [2.45, 2.75) is 46.5 Å². The summed E-state index contributed by atoms with van der Waals surface area (Å²) in [5.41, 5.74) is 5.11. The zero-order valence-electron chi connectivity index (χ0n) is 21.3. The number of esters is 1. The number of amides is 3. The molecule has 1 aromatic heterocycles. The lowest BCUT2D eigenvalue weighted by molar-refractivity contribution is -0.116. The first kappa shape index (κ1) is 26.3. The average Bonchev–Trinajstić information content (AvgIpc) is 3.38. The van der Waals surface area contributed by atoms with Gasteiger partial charge in [0, 0.05) is 23.9 Å². The van der Waals surface area contributed by atoms with E-state index in [-0.39, 0.29) is 30.7 Å². The second-order valence-corrected chi connectivity index (χ2v) is 9.94. The predicted octanol–water partition coefficient (Wildman–Crippen LogP) is 6.00. The summed E-state index contributed by atoms with van der Waals surface area (Å²) in [4.78, 5) is 51.7. The number of nitrogens with one attached hydrogen (secondary N) is 1. The topological polar surface area (TPSA) is 92.8 Å². The van der Waals surface area contributed by atoms with Gasteiger partial charge >= 0.3 is 5.97 Å². The van der Waals surface area contributed by atoms with Gasteiger partial charge in [0.2, 0.25) is 5.91 Å². The standard InChI is InChI=1S/C29H30N2O5S/c1-4-36-29(35)25-23(20-14-13-18(2)16-19(20)3)17-37-26(25)30-24(32)12-6-5-9-15-31-27(33)21-10-7-8-11-22(21)28(31)34/h7-8,10-11,13-14,16-17H,4-6,9,12,15H2,1-3H3,(H,30,32). The molecule has 8 heteroatoms. The number of imide groups is 1. The number of nitrogens with zero attached hydrogens (tertiary/aromatic N) is 1. The van der Waals surface area contributed by atoms with E-state index in [2.05, 4.69) is 11.4 Å². The summed E-state index contributed by atoms with van der Waals surface area (Å²) < 4.78 is 5.29. The molecule has 0 radical (unpaired) electrons.